The maximum Gasteiger partial charge on any atom is 0.308 e. The Labute approximate surface area is 292 Å². The van der Waals surface area contributed by atoms with Gasteiger partial charge in [0.15, 0.2) is 25.2 Å². The first-order valence-electron chi connectivity index (χ1n) is 17.5. The number of cyclic esters (lactones) is 1. The molecule has 17 nitrogen and oxygen atoms in total. The van der Waals surface area contributed by atoms with Crippen LogP contribution < -0.4 is 0 Å². The fourth-order valence-electron chi connectivity index (χ4n) is 7.52. The molecule has 5 fully saturated rings. The molecule has 5 rings (SSSR count). The van der Waals surface area contributed by atoms with Crippen LogP contribution in [0.3, 0.4) is 0 Å². The highest BCUT2D eigenvalue weighted by atomic mass is 16.8. The Bertz CT molecular complexity index is 1060. The Morgan fingerprint density at radius 2 is 1.00 bits per heavy atom. The smallest absolute Gasteiger partial charge is 0.308 e. The van der Waals surface area contributed by atoms with Gasteiger partial charge in [0.1, 0.15) is 48.8 Å². The number of carbonyl (C=O) groups is 1. The van der Waals surface area contributed by atoms with Crippen LogP contribution in [0.4, 0.5) is 0 Å². The minimum Gasteiger partial charge on any atom is -0.460 e. The molecule has 0 aromatic heterocycles. The predicted molar refractivity (Wildman–Crippen MR) is 167 cm³/mol. The maximum absolute atomic E-state index is 11.8. The lowest BCUT2D eigenvalue weighted by Gasteiger charge is -2.47. The second-order valence-electron chi connectivity index (χ2n) is 13.9. The fourth-order valence-corrected chi connectivity index (χ4v) is 7.52. The van der Waals surface area contributed by atoms with E-state index < -0.39 is 123 Å². The van der Waals surface area contributed by atoms with Crippen LogP contribution in [-0.4, -0.2) is 171 Å². The summed E-state index contributed by atoms with van der Waals surface area (Å²) in [6.07, 6.45) is -14.9. The molecule has 4 N–H and O–H groups in total. The van der Waals surface area contributed by atoms with Crippen LogP contribution in [0.25, 0.3) is 0 Å². The van der Waals surface area contributed by atoms with Crippen molar-refractivity contribution in [2.24, 2.45) is 0 Å². The molecule has 0 unspecified atom stereocenters. The number of rotatable bonds is 11. The molecular formula is C33H56O17. The van der Waals surface area contributed by atoms with E-state index in [4.69, 9.17) is 56.8 Å². The van der Waals surface area contributed by atoms with Crippen LogP contribution in [0.5, 0.6) is 0 Å². The van der Waals surface area contributed by atoms with Crippen molar-refractivity contribution in [3.63, 3.8) is 0 Å². The first kappa shape index (κ1) is 40.1. The van der Waals surface area contributed by atoms with Crippen LogP contribution in [-0.2, 0) is 61.6 Å². The first-order valence-corrected chi connectivity index (χ1v) is 17.5. The molecule has 0 radical (unpaired) electrons. The third-order valence-electron chi connectivity index (χ3n) is 10.3. The van der Waals surface area contributed by atoms with Crippen LogP contribution in [0.15, 0.2) is 0 Å². The molecule has 290 valence electrons. The number of hydrogen-bond donors (Lipinski definition) is 4. The lowest BCUT2D eigenvalue weighted by molar-refractivity contribution is -0.355. The van der Waals surface area contributed by atoms with Gasteiger partial charge in [-0.3, -0.25) is 4.79 Å². The van der Waals surface area contributed by atoms with Gasteiger partial charge in [0.25, 0.3) is 0 Å². The van der Waals surface area contributed by atoms with E-state index in [1.165, 1.54) is 21.3 Å². The van der Waals surface area contributed by atoms with Gasteiger partial charge >= 0.3 is 5.97 Å². The van der Waals surface area contributed by atoms with E-state index in [-0.39, 0.29) is 31.7 Å². The molecule has 17 heteroatoms. The number of hydrogen-bond acceptors (Lipinski definition) is 17. The quantitative estimate of drug-likeness (QED) is 0.198. The molecule has 0 saturated carbocycles. The van der Waals surface area contributed by atoms with Crippen molar-refractivity contribution in [2.45, 2.75) is 183 Å². The van der Waals surface area contributed by atoms with E-state index in [2.05, 4.69) is 0 Å². The second kappa shape index (κ2) is 17.3. The molecule has 5 aliphatic rings. The van der Waals surface area contributed by atoms with Crippen LogP contribution in [0, 0.1) is 0 Å². The van der Waals surface area contributed by atoms with Crippen molar-refractivity contribution in [3.8, 4) is 0 Å². The summed E-state index contributed by atoms with van der Waals surface area (Å²) >= 11 is 0. The van der Waals surface area contributed by atoms with Gasteiger partial charge < -0.3 is 77.3 Å². The Hall–Kier alpha value is -1.13. The normalized spacial score (nSPS) is 50.5. The lowest BCUT2D eigenvalue weighted by atomic mass is 9.98. The van der Waals surface area contributed by atoms with Gasteiger partial charge in [-0.1, -0.05) is 0 Å². The Morgan fingerprint density at radius 1 is 0.520 bits per heavy atom. The summed E-state index contributed by atoms with van der Waals surface area (Å²) in [6, 6.07) is 0. The molecular weight excluding hydrogens is 668 g/mol. The SMILES string of the molecule is CO[C@H]1[C@@H](O)[C@@H](C)O[C@@H](O[C@H]2[C@@H](OC)C[C@H](O[C@H]3[C@H](O)C[C@H](O[C@H]4[C@@H](O)C[C@H](O[C@@H]5[C@@H](C)OC(=O)C[C@H]5OC)O[C@@H]4C)O[C@@H]3C)O[C@@H]2C)[C@@H]1O. The summed E-state index contributed by atoms with van der Waals surface area (Å²) in [6.45, 7) is 8.68. The molecule has 0 aliphatic carbocycles. The standard InChI is InChI=1S/C33H56O17/c1-13-26(37)32(41-8)27(38)33(46-13)50-31-17(5)45-25(12-21(31)40-7)48-29-15(3)43-23(9-18(29)34)47-28-14(2)44-24(10-19(28)35)49-30-16(4)42-22(36)11-20(30)39-6/h13-21,23-35,37-38H,9-12H2,1-8H3/t13-,14-,15-,16-,17-,18-,19+,20-,21+,23+,24+,25+,26+,27-,28-,29-,30-,31-,32+,33+/m1/s1. The van der Waals surface area contributed by atoms with E-state index >= 15 is 0 Å². The highest BCUT2D eigenvalue weighted by molar-refractivity contribution is 5.71. The fraction of sp³-hybridized carbons (Fsp3) is 0.970. The third-order valence-corrected chi connectivity index (χ3v) is 10.3. The van der Waals surface area contributed by atoms with Gasteiger partial charge in [-0.2, -0.15) is 0 Å². The Morgan fingerprint density at radius 3 is 1.50 bits per heavy atom. The van der Waals surface area contributed by atoms with Gasteiger partial charge in [-0.25, -0.2) is 0 Å². The van der Waals surface area contributed by atoms with Crippen molar-refractivity contribution in [3.05, 3.63) is 0 Å². The van der Waals surface area contributed by atoms with Gasteiger partial charge in [-0.15, -0.1) is 0 Å². The summed E-state index contributed by atoms with van der Waals surface area (Å²) in [5, 5.41) is 43.3. The first-order chi connectivity index (χ1) is 23.7. The molecule has 0 bridgehead atoms. The van der Waals surface area contributed by atoms with E-state index in [9.17, 15) is 25.2 Å². The summed E-state index contributed by atoms with van der Waals surface area (Å²) in [7, 11) is 4.43. The molecule has 5 aliphatic heterocycles. The molecule has 0 aromatic rings. The summed E-state index contributed by atoms with van der Waals surface area (Å²) in [5.41, 5.74) is 0. The monoisotopic (exact) mass is 724 g/mol. The zero-order valence-electron chi connectivity index (χ0n) is 30.0. The van der Waals surface area contributed by atoms with Gasteiger partial charge in [-0.05, 0) is 34.6 Å². The zero-order valence-corrected chi connectivity index (χ0v) is 30.0. The summed E-state index contributed by atoms with van der Waals surface area (Å²) < 4.78 is 70.4. The van der Waals surface area contributed by atoms with Crippen LogP contribution in [0.2, 0.25) is 0 Å². The molecule has 20 atom stereocenters. The number of esters is 1. The van der Waals surface area contributed by atoms with Crippen molar-refractivity contribution in [1.29, 1.82) is 0 Å². The van der Waals surface area contributed by atoms with Crippen molar-refractivity contribution < 1.29 is 82.1 Å². The van der Waals surface area contributed by atoms with E-state index in [0.717, 1.165) is 0 Å². The molecule has 5 heterocycles. The summed E-state index contributed by atoms with van der Waals surface area (Å²) in [4.78, 5) is 11.8. The third kappa shape index (κ3) is 8.97. The van der Waals surface area contributed by atoms with Crippen molar-refractivity contribution >= 4 is 5.97 Å². The number of aliphatic hydroxyl groups is 4. The second-order valence-corrected chi connectivity index (χ2v) is 13.9. The maximum atomic E-state index is 11.8. The van der Waals surface area contributed by atoms with Crippen LogP contribution >= 0.6 is 0 Å². The lowest BCUT2D eigenvalue weighted by Crippen LogP contribution is -2.61. The molecule has 50 heavy (non-hydrogen) atoms. The minimum absolute atomic E-state index is 0.0580. The Kier molecular flexibility index (Phi) is 13.9. The highest BCUT2D eigenvalue weighted by Crippen LogP contribution is 2.35. The van der Waals surface area contributed by atoms with Crippen LogP contribution in [0.1, 0.15) is 60.3 Å². The summed E-state index contributed by atoms with van der Waals surface area (Å²) in [5.74, 6) is -0.365. The number of aliphatic hydroxyl groups excluding tert-OH is 4. The highest BCUT2D eigenvalue weighted by Gasteiger charge is 2.50. The number of ether oxygens (including phenoxy) is 12. The zero-order chi connectivity index (χ0) is 36.4. The number of methoxy groups -OCH3 is 3. The van der Waals surface area contributed by atoms with Crippen molar-refractivity contribution in [1.82, 2.24) is 0 Å². The molecule has 0 amide bonds. The van der Waals surface area contributed by atoms with Gasteiger partial charge in [0.05, 0.1) is 55.3 Å². The number of carbonyl (C=O) groups excluding carboxylic acids is 1. The van der Waals surface area contributed by atoms with Gasteiger partial charge in [0.2, 0.25) is 0 Å². The van der Waals surface area contributed by atoms with Gasteiger partial charge in [0, 0.05) is 40.6 Å². The molecule has 0 spiro atoms. The predicted octanol–water partition coefficient (Wildman–Crippen LogP) is -0.499. The van der Waals surface area contributed by atoms with E-state index in [0.29, 0.717) is 0 Å². The molecule has 0 aromatic carbocycles. The Balaban J connectivity index is 1.11. The topological polar surface area (TPSA) is 209 Å². The van der Waals surface area contributed by atoms with E-state index in [1.54, 1.807) is 34.6 Å². The van der Waals surface area contributed by atoms with E-state index in [1.807, 2.05) is 0 Å². The largest absolute Gasteiger partial charge is 0.460 e. The van der Waals surface area contributed by atoms with Crippen molar-refractivity contribution in [2.75, 3.05) is 21.3 Å². The molecule has 5 saturated heterocycles. The average molecular weight is 725 g/mol. The average Bonchev–Trinajstić information content (AvgIpc) is 3.05. The minimum atomic E-state index is -1.24.